The maximum atomic E-state index is 12.2. The van der Waals surface area contributed by atoms with Gasteiger partial charge in [-0.15, -0.1) is 0 Å². The van der Waals surface area contributed by atoms with Gasteiger partial charge in [0.2, 0.25) is 5.91 Å². The molecular formula is C16H28N2O. The lowest BCUT2D eigenvalue weighted by atomic mass is 9.84. The molecule has 0 atom stereocenters. The third kappa shape index (κ3) is 4.53. The highest BCUT2D eigenvalue weighted by atomic mass is 16.2. The summed E-state index contributed by atoms with van der Waals surface area (Å²) < 4.78 is 0. The molecule has 0 aromatic heterocycles. The van der Waals surface area contributed by atoms with Gasteiger partial charge >= 0.3 is 0 Å². The molecule has 0 aliphatic heterocycles. The summed E-state index contributed by atoms with van der Waals surface area (Å²) >= 11 is 0. The molecule has 0 spiro atoms. The predicted octanol–water partition coefficient (Wildman–Crippen LogP) is 3.79. The van der Waals surface area contributed by atoms with E-state index in [1.807, 2.05) is 0 Å². The standard InChI is InChI=1S/C16H28N2O/c1-4-5-6-9-15(2,3)13-18-14(19)16(12-17)10-7-8-11-16/h4-11,13H2,1-3H3,(H,18,19). The monoisotopic (exact) mass is 264 g/mol. The van der Waals surface area contributed by atoms with Crippen molar-refractivity contribution in [2.24, 2.45) is 10.8 Å². The molecule has 0 radical (unpaired) electrons. The first kappa shape index (κ1) is 16.0. The van der Waals surface area contributed by atoms with E-state index in [0.29, 0.717) is 6.54 Å². The average molecular weight is 264 g/mol. The van der Waals surface area contributed by atoms with Gasteiger partial charge in [0.1, 0.15) is 5.41 Å². The Hall–Kier alpha value is -1.04. The quantitative estimate of drug-likeness (QED) is 0.711. The molecule has 3 nitrogen and oxygen atoms in total. The third-order valence-corrected chi connectivity index (χ3v) is 4.29. The summed E-state index contributed by atoms with van der Waals surface area (Å²) in [4.78, 5) is 12.2. The zero-order valence-electron chi connectivity index (χ0n) is 12.7. The van der Waals surface area contributed by atoms with Crippen LogP contribution in [0.15, 0.2) is 0 Å². The van der Waals surface area contributed by atoms with Crippen LogP contribution < -0.4 is 5.32 Å². The van der Waals surface area contributed by atoms with Crippen LogP contribution in [0.5, 0.6) is 0 Å². The summed E-state index contributed by atoms with van der Waals surface area (Å²) in [5.74, 6) is -0.0453. The average Bonchev–Trinajstić information content (AvgIpc) is 2.86. The minimum atomic E-state index is -0.737. The van der Waals surface area contributed by atoms with Crippen LogP contribution in [0.1, 0.15) is 72.1 Å². The van der Waals surface area contributed by atoms with E-state index in [9.17, 15) is 10.1 Å². The zero-order chi connectivity index (χ0) is 14.4. The lowest BCUT2D eigenvalue weighted by Crippen LogP contribution is -2.42. The van der Waals surface area contributed by atoms with Crippen molar-refractivity contribution in [3.8, 4) is 6.07 Å². The Morgan fingerprint density at radius 3 is 2.47 bits per heavy atom. The van der Waals surface area contributed by atoms with Crippen molar-refractivity contribution in [1.29, 1.82) is 5.26 Å². The normalized spacial score (nSPS) is 18.0. The lowest BCUT2D eigenvalue weighted by Gasteiger charge is -2.27. The molecule has 1 fully saturated rings. The van der Waals surface area contributed by atoms with Crippen LogP contribution in [-0.4, -0.2) is 12.5 Å². The Bertz CT molecular complexity index is 335. The second kappa shape index (κ2) is 6.93. The molecule has 1 saturated carbocycles. The van der Waals surface area contributed by atoms with E-state index in [0.717, 1.165) is 32.1 Å². The second-order valence-electron chi connectivity index (χ2n) is 6.71. The molecule has 1 rings (SSSR count). The SMILES string of the molecule is CCCCCC(C)(C)CNC(=O)C1(C#N)CCCC1. The molecule has 0 unspecified atom stereocenters. The van der Waals surface area contributed by atoms with Crippen LogP contribution in [0.2, 0.25) is 0 Å². The van der Waals surface area contributed by atoms with Gasteiger partial charge in [0.05, 0.1) is 6.07 Å². The van der Waals surface area contributed by atoms with Gasteiger partial charge in [-0.1, -0.05) is 52.9 Å². The Balaban J connectivity index is 2.42. The molecule has 0 saturated heterocycles. The maximum absolute atomic E-state index is 12.2. The number of nitrogens with one attached hydrogen (secondary N) is 1. The van der Waals surface area contributed by atoms with Crippen LogP contribution in [0, 0.1) is 22.2 Å². The highest BCUT2D eigenvalue weighted by molar-refractivity contribution is 5.85. The first-order valence-corrected chi connectivity index (χ1v) is 7.65. The minimum Gasteiger partial charge on any atom is -0.354 e. The summed E-state index contributed by atoms with van der Waals surface area (Å²) in [5.41, 5.74) is -0.612. The number of unbranched alkanes of at least 4 members (excludes halogenated alkanes) is 2. The number of hydrogen-bond donors (Lipinski definition) is 1. The van der Waals surface area contributed by atoms with Crippen molar-refractivity contribution >= 4 is 5.91 Å². The smallest absolute Gasteiger partial charge is 0.240 e. The van der Waals surface area contributed by atoms with E-state index >= 15 is 0 Å². The van der Waals surface area contributed by atoms with Gasteiger partial charge in [-0.3, -0.25) is 4.79 Å². The Morgan fingerprint density at radius 1 is 1.32 bits per heavy atom. The Labute approximate surface area is 117 Å². The van der Waals surface area contributed by atoms with Crippen LogP contribution in [-0.2, 0) is 4.79 Å². The zero-order valence-corrected chi connectivity index (χ0v) is 12.7. The largest absolute Gasteiger partial charge is 0.354 e. The van der Waals surface area contributed by atoms with Crippen molar-refractivity contribution in [2.75, 3.05) is 6.54 Å². The van der Waals surface area contributed by atoms with Gasteiger partial charge in [-0.2, -0.15) is 5.26 Å². The van der Waals surface area contributed by atoms with E-state index in [1.54, 1.807) is 0 Å². The predicted molar refractivity (Wildman–Crippen MR) is 77.4 cm³/mol. The van der Waals surface area contributed by atoms with Crippen LogP contribution >= 0.6 is 0 Å². The Morgan fingerprint density at radius 2 is 1.95 bits per heavy atom. The molecule has 0 aromatic rings. The van der Waals surface area contributed by atoms with E-state index in [4.69, 9.17) is 0 Å². The number of carbonyl (C=O) groups excluding carboxylic acids is 1. The van der Waals surface area contributed by atoms with Gasteiger partial charge in [0, 0.05) is 6.54 Å². The number of carbonyl (C=O) groups is 1. The number of amides is 1. The minimum absolute atomic E-state index is 0.0453. The number of nitriles is 1. The van der Waals surface area contributed by atoms with Gasteiger partial charge in [0.15, 0.2) is 0 Å². The van der Waals surface area contributed by atoms with Crippen molar-refractivity contribution in [3.05, 3.63) is 0 Å². The van der Waals surface area contributed by atoms with Gasteiger partial charge in [-0.05, 0) is 24.7 Å². The number of nitrogens with zero attached hydrogens (tertiary/aromatic N) is 1. The van der Waals surface area contributed by atoms with Gasteiger partial charge in [0.25, 0.3) is 0 Å². The van der Waals surface area contributed by atoms with Crippen LogP contribution in [0.3, 0.4) is 0 Å². The second-order valence-corrected chi connectivity index (χ2v) is 6.71. The fourth-order valence-corrected chi connectivity index (χ4v) is 2.80. The number of hydrogen-bond acceptors (Lipinski definition) is 2. The van der Waals surface area contributed by atoms with Crippen LogP contribution in [0.4, 0.5) is 0 Å². The summed E-state index contributed by atoms with van der Waals surface area (Å²) in [5, 5.41) is 12.3. The highest BCUT2D eigenvalue weighted by Gasteiger charge is 2.41. The fourth-order valence-electron chi connectivity index (χ4n) is 2.80. The molecular weight excluding hydrogens is 236 g/mol. The molecule has 3 heteroatoms. The first-order valence-electron chi connectivity index (χ1n) is 7.65. The fraction of sp³-hybridized carbons (Fsp3) is 0.875. The molecule has 19 heavy (non-hydrogen) atoms. The highest BCUT2D eigenvalue weighted by Crippen LogP contribution is 2.37. The lowest BCUT2D eigenvalue weighted by molar-refractivity contribution is -0.128. The van der Waals surface area contributed by atoms with E-state index in [-0.39, 0.29) is 11.3 Å². The van der Waals surface area contributed by atoms with Crippen molar-refractivity contribution in [2.45, 2.75) is 72.1 Å². The van der Waals surface area contributed by atoms with Crippen molar-refractivity contribution in [1.82, 2.24) is 5.32 Å². The summed E-state index contributed by atoms with van der Waals surface area (Å²) in [6.07, 6.45) is 8.27. The summed E-state index contributed by atoms with van der Waals surface area (Å²) in [6, 6.07) is 2.25. The van der Waals surface area contributed by atoms with Gasteiger partial charge in [-0.25, -0.2) is 0 Å². The van der Waals surface area contributed by atoms with Crippen molar-refractivity contribution in [3.63, 3.8) is 0 Å². The molecule has 0 aromatic carbocycles. The van der Waals surface area contributed by atoms with E-state index in [1.165, 1.54) is 19.3 Å². The Kier molecular flexibility index (Phi) is 5.85. The first-order chi connectivity index (χ1) is 8.96. The molecule has 1 amide bonds. The van der Waals surface area contributed by atoms with Crippen LogP contribution in [0.25, 0.3) is 0 Å². The van der Waals surface area contributed by atoms with E-state index in [2.05, 4.69) is 32.2 Å². The molecule has 0 heterocycles. The summed E-state index contributed by atoms with van der Waals surface area (Å²) in [7, 11) is 0. The number of rotatable bonds is 7. The summed E-state index contributed by atoms with van der Waals surface area (Å²) in [6.45, 7) is 7.26. The van der Waals surface area contributed by atoms with Crippen molar-refractivity contribution < 1.29 is 4.79 Å². The molecule has 0 bridgehead atoms. The molecule has 1 aliphatic carbocycles. The third-order valence-electron chi connectivity index (χ3n) is 4.29. The topological polar surface area (TPSA) is 52.9 Å². The molecule has 1 N–H and O–H groups in total. The maximum Gasteiger partial charge on any atom is 0.240 e. The molecule has 108 valence electrons. The van der Waals surface area contributed by atoms with E-state index < -0.39 is 5.41 Å². The van der Waals surface area contributed by atoms with Gasteiger partial charge < -0.3 is 5.32 Å². The molecule has 1 aliphatic rings.